The maximum atomic E-state index is 13.6. The molecule has 0 spiro atoms. The summed E-state index contributed by atoms with van der Waals surface area (Å²) in [5.74, 6) is 0.769. The first kappa shape index (κ1) is 20.5. The Hall–Kier alpha value is -2.38. The van der Waals surface area contributed by atoms with E-state index in [1.165, 1.54) is 0 Å². The molecule has 6 nitrogen and oxygen atoms in total. The van der Waals surface area contributed by atoms with Gasteiger partial charge < -0.3 is 10.2 Å². The van der Waals surface area contributed by atoms with Gasteiger partial charge in [0.25, 0.3) is 15.9 Å². The summed E-state index contributed by atoms with van der Waals surface area (Å²) in [6.07, 6.45) is 2.82. The zero-order chi connectivity index (χ0) is 21.6. The Morgan fingerprint density at radius 3 is 2.52 bits per heavy atom. The molecular formula is C24H29N3O3S. The smallest absolute Gasteiger partial charge is 0.264 e. The van der Waals surface area contributed by atoms with E-state index in [-0.39, 0.29) is 17.9 Å². The largest absolute Gasteiger partial charge is 0.339 e. The van der Waals surface area contributed by atoms with Gasteiger partial charge in [-0.3, -0.25) is 9.10 Å². The number of rotatable bonds is 3. The minimum atomic E-state index is -3.67. The fraction of sp³-hybridized carbons (Fsp3) is 0.458. The SMILES string of the molecule is CC1CCN(C(=O)c2ccc3c(c2)C2CNCCC2N3S(=O)(=O)c2ccccc2)CC1. The Morgan fingerprint density at radius 2 is 1.77 bits per heavy atom. The number of likely N-dealkylation sites (tertiary alicyclic amines) is 1. The number of anilines is 1. The number of hydrogen-bond donors (Lipinski definition) is 1. The highest BCUT2D eigenvalue weighted by molar-refractivity contribution is 7.92. The predicted octanol–water partition coefficient (Wildman–Crippen LogP) is 3.21. The molecule has 0 aromatic heterocycles. The van der Waals surface area contributed by atoms with Gasteiger partial charge in [0.05, 0.1) is 16.6 Å². The van der Waals surface area contributed by atoms with Gasteiger partial charge in [-0.1, -0.05) is 25.1 Å². The summed E-state index contributed by atoms with van der Waals surface area (Å²) in [5, 5.41) is 3.41. The molecule has 2 aromatic carbocycles. The highest BCUT2D eigenvalue weighted by Crippen LogP contribution is 2.46. The summed E-state index contributed by atoms with van der Waals surface area (Å²) in [4.78, 5) is 15.4. The highest BCUT2D eigenvalue weighted by Gasteiger charge is 2.46. The van der Waals surface area contributed by atoms with Crippen LogP contribution in [0.2, 0.25) is 0 Å². The monoisotopic (exact) mass is 439 g/mol. The van der Waals surface area contributed by atoms with Gasteiger partial charge in [-0.2, -0.15) is 0 Å². The Balaban J connectivity index is 1.52. The minimum Gasteiger partial charge on any atom is -0.339 e. The molecule has 0 saturated carbocycles. The van der Waals surface area contributed by atoms with E-state index in [1.54, 1.807) is 34.6 Å². The molecule has 2 fully saturated rings. The number of carbonyl (C=O) groups excluding carboxylic acids is 1. The Morgan fingerprint density at radius 1 is 1.03 bits per heavy atom. The van der Waals surface area contributed by atoms with Crippen LogP contribution in [-0.2, 0) is 10.0 Å². The lowest BCUT2D eigenvalue weighted by molar-refractivity contribution is 0.0697. The van der Waals surface area contributed by atoms with Gasteiger partial charge in [-0.05, 0) is 67.6 Å². The second-order valence-electron chi connectivity index (χ2n) is 9.03. The zero-order valence-corrected chi connectivity index (χ0v) is 18.6. The van der Waals surface area contributed by atoms with Crippen molar-refractivity contribution in [3.05, 3.63) is 59.7 Å². The van der Waals surface area contributed by atoms with Crippen molar-refractivity contribution in [1.82, 2.24) is 10.2 Å². The average Bonchev–Trinajstić information content (AvgIpc) is 3.14. The maximum Gasteiger partial charge on any atom is 0.264 e. The Labute approximate surface area is 184 Å². The molecule has 1 amide bonds. The molecular weight excluding hydrogens is 410 g/mol. The molecule has 3 heterocycles. The third-order valence-corrected chi connectivity index (χ3v) is 8.88. The molecule has 0 bridgehead atoms. The van der Waals surface area contributed by atoms with Crippen LogP contribution in [0.5, 0.6) is 0 Å². The van der Waals surface area contributed by atoms with Crippen molar-refractivity contribution in [1.29, 1.82) is 0 Å². The molecule has 2 atom stereocenters. The fourth-order valence-corrected chi connectivity index (χ4v) is 6.98. The van der Waals surface area contributed by atoms with E-state index in [0.717, 1.165) is 51.0 Å². The second-order valence-corrected chi connectivity index (χ2v) is 10.8. The molecule has 3 aliphatic rings. The summed E-state index contributed by atoms with van der Waals surface area (Å²) in [6, 6.07) is 14.1. The van der Waals surface area contributed by atoms with E-state index >= 15 is 0 Å². The van der Waals surface area contributed by atoms with E-state index in [4.69, 9.17) is 0 Å². The van der Waals surface area contributed by atoms with Gasteiger partial charge in [0.1, 0.15) is 0 Å². The third-order valence-electron chi connectivity index (χ3n) is 7.03. The number of carbonyl (C=O) groups is 1. The van der Waals surface area contributed by atoms with Crippen LogP contribution in [0.25, 0.3) is 0 Å². The Kier molecular flexibility index (Phi) is 5.26. The second kappa shape index (κ2) is 7.95. The normalized spacial score (nSPS) is 24.0. The standard InChI is InChI=1S/C24H29N3O3S/c1-17-10-13-26(14-11-17)24(28)18-7-8-22-20(15-18)21-16-25-12-9-23(21)27(22)31(29,30)19-5-3-2-4-6-19/h2-8,15,17,21,23,25H,9-14,16H2,1H3. The Bertz CT molecular complexity index is 1080. The van der Waals surface area contributed by atoms with Crippen molar-refractivity contribution in [3.8, 4) is 0 Å². The number of piperidine rings is 2. The summed E-state index contributed by atoms with van der Waals surface area (Å²) >= 11 is 0. The molecule has 31 heavy (non-hydrogen) atoms. The highest BCUT2D eigenvalue weighted by atomic mass is 32.2. The molecule has 5 rings (SSSR count). The van der Waals surface area contributed by atoms with Crippen LogP contribution in [-0.4, -0.2) is 51.4 Å². The molecule has 0 aliphatic carbocycles. The molecule has 3 aliphatic heterocycles. The van der Waals surface area contributed by atoms with Crippen molar-refractivity contribution in [3.63, 3.8) is 0 Å². The third kappa shape index (κ3) is 3.53. The minimum absolute atomic E-state index is 0.0522. The number of amides is 1. The van der Waals surface area contributed by atoms with Crippen LogP contribution in [0.3, 0.4) is 0 Å². The summed E-state index contributed by atoms with van der Waals surface area (Å²) in [7, 11) is -3.67. The lowest BCUT2D eigenvalue weighted by Gasteiger charge is -2.33. The van der Waals surface area contributed by atoms with Crippen molar-refractivity contribution in [2.75, 3.05) is 30.5 Å². The van der Waals surface area contributed by atoms with E-state index in [9.17, 15) is 13.2 Å². The lowest BCUT2D eigenvalue weighted by atomic mass is 9.89. The van der Waals surface area contributed by atoms with E-state index in [2.05, 4.69) is 12.2 Å². The van der Waals surface area contributed by atoms with Gasteiger partial charge >= 0.3 is 0 Å². The van der Waals surface area contributed by atoms with Crippen molar-refractivity contribution in [2.24, 2.45) is 5.92 Å². The van der Waals surface area contributed by atoms with Gasteiger partial charge in [-0.25, -0.2) is 8.42 Å². The van der Waals surface area contributed by atoms with Crippen molar-refractivity contribution in [2.45, 2.75) is 43.0 Å². The van der Waals surface area contributed by atoms with Crippen molar-refractivity contribution >= 4 is 21.6 Å². The van der Waals surface area contributed by atoms with Crippen LogP contribution < -0.4 is 9.62 Å². The number of hydrogen-bond acceptors (Lipinski definition) is 4. The maximum absolute atomic E-state index is 13.6. The molecule has 0 radical (unpaired) electrons. The van der Waals surface area contributed by atoms with Crippen LogP contribution >= 0.6 is 0 Å². The molecule has 2 aromatic rings. The predicted molar refractivity (Wildman–Crippen MR) is 121 cm³/mol. The van der Waals surface area contributed by atoms with Crippen LogP contribution in [0, 0.1) is 5.92 Å². The number of nitrogens with one attached hydrogen (secondary N) is 1. The van der Waals surface area contributed by atoms with Gasteiger partial charge in [-0.15, -0.1) is 0 Å². The van der Waals surface area contributed by atoms with E-state index in [0.29, 0.717) is 22.1 Å². The lowest BCUT2D eigenvalue weighted by Crippen LogP contribution is -2.46. The molecule has 7 heteroatoms. The fourth-order valence-electron chi connectivity index (χ4n) is 5.21. The molecule has 164 valence electrons. The summed E-state index contributed by atoms with van der Waals surface area (Å²) in [6.45, 7) is 5.32. The first-order chi connectivity index (χ1) is 15.0. The molecule has 2 saturated heterocycles. The quantitative estimate of drug-likeness (QED) is 0.797. The van der Waals surface area contributed by atoms with Crippen LogP contribution in [0.1, 0.15) is 48.0 Å². The summed E-state index contributed by atoms with van der Waals surface area (Å²) < 4.78 is 28.8. The first-order valence-corrected chi connectivity index (χ1v) is 12.6. The van der Waals surface area contributed by atoms with E-state index in [1.807, 2.05) is 23.1 Å². The number of benzene rings is 2. The van der Waals surface area contributed by atoms with Gasteiger partial charge in [0.2, 0.25) is 0 Å². The molecule has 2 unspecified atom stereocenters. The van der Waals surface area contributed by atoms with Crippen LogP contribution in [0.15, 0.2) is 53.4 Å². The summed E-state index contributed by atoms with van der Waals surface area (Å²) in [5.41, 5.74) is 2.34. The zero-order valence-electron chi connectivity index (χ0n) is 17.8. The van der Waals surface area contributed by atoms with E-state index < -0.39 is 10.0 Å². The first-order valence-electron chi connectivity index (χ1n) is 11.2. The average molecular weight is 440 g/mol. The van der Waals surface area contributed by atoms with Crippen LogP contribution in [0.4, 0.5) is 5.69 Å². The van der Waals surface area contributed by atoms with Gasteiger partial charge in [0, 0.05) is 31.1 Å². The molecule has 1 N–H and O–H groups in total. The van der Waals surface area contributed by atoms with Gasteiger partial charge in [0.15, 0.2) is 0 Å². The topological polar surface area (TPSA) is 69.7 Å². The number of fused-ring (bicyclic) bond motifs is 3. The van der Waals surface area contributed by atoms with Crippen molar-refractivity contribution < 1.29 is 13.2 Å². The number of sulfonamides is 1. The number of nitrogens with zero attached hydrogens (tertiary/aromatic N) is 2.